The number of hydrogen-bond acceptors (Lipinski definition) is 3. The van der Waals surface area contributed by atoms with E-state index in [0.29, 0.717) is 12.8 Å². The van der Waals surface area contributed by atoms with Gasteiger partial charge < -0.3 is 14.9 Å². The summed E-state index contributed by atoms with van der Waals surface area (Å²) < 4.78 is 5.65. The first-order valence-electron chi connectivity index (χ1n) is 5.62. The van der Waals surface area contributed by atoms with Crippen LogP contribution in [0.1, 0.15) is 33.6 Å². The second-order valence-electron chi connectivity index (χ2n) is 5.17. The van der Waals surface area contributed by atoms with E-state index < -0.39 is 29.8 Å². The second kappa shape index (κ2) is 4.91. The Labute approximate surface area is 100 Å². The molecule has 2 atom stereocenters. The highest BCUT2D eigenvalue weighted by molar-refractivity contribution is 5.80. The van der Waals surface area contributed by atoms with Crippen molar-refractivity contribution in [1.82, 2.24) is 4.90 Å². The first-order valence-corrected chi connectivity index (χ1v) is 5.62. The molecule has 0 unspecified atom stereocenters. The van der Waals surface area contributed by atoms with Gasteiger partial charge >= 0.3 is 12.1 Å². The molecule has 0 aromatic rings. The van der Waals surface area contributed by atoms with Gasteiger partial charge in [0.1, 0.15) is 0 Å². The largest absolute Gasteiger partial charge is 0.480 e. The fraction of sp³-hybridized carbons (Fsp3) is 0.818. The van der Waals surface area contributed by atoms with Gasteiger partial charge in [-0.3, -0.25) is 4.90 Å². The van der Waals surface area contributed by atoms with E-state index in [1.165, 1.54) is 0 Å². The summed E-state index contributed by atoms with van der Waals surface area (Å²) in [7, 11) is 0. The third-order valence-corrected chi connectivity index (χ3v) is 2.58. The average molecular weight is 245 g/mol. The number of carboxylic acid groups (broad SMARTS) is 2. The van der Waals surface area contributed by atoms with Crippen LogP contribution < -0.4 is 0 Å². The summed E-state index contributed by atoms with van der Waals surface area (Å²) in [4.78, 5) is 23.1. The number of nitrogens with zero attached hydrogens (tertiary/aromatic N) is 1. The summed E-state index contributed by atoms with van der Waals surface area (Å²) in [5, 5.41) is 18.1. The van der Waals surface area contributed by atoms with Gasteiger partial charge in [0.2, 0.25) is 0 Å². The number of carbonyl (C=O) groups is 2. The zero-order chi connectivity index (χ0) is 13.2. The lowest BCUT2D eigenvalue weighted by Gasteiger charge is -2.39. The normalized spacial score (nSPS) is 25.7. The van der Waals surface area contributed by atoms with Crippen molar-refractivity contribution >= 4 is 12.1 Å². The summed E-state index contributed by atoms with van der Waals surface area (Å²) in [5.74, 6) is -1.15. The zero-order valence-corrected chi connectivity index (χ0v) is 10.3. The summed E-state index contributed by atoms with van der Waals surface area (Å²) >= 11 is 0. The van der Waals surface area contributed by atoms with Gasteiger partial charge in [-0.2, -0.15) is 0 Å². The van der Waals surface area contributed by atoms with Gasteiger partial charge in [-0.05, 0) is 33.6 Å². The van der Waals surface area contributed by atoms with Crippen LogP contribution in [0.3, 0.4) is 0 Å². The van der Waals surface area contributed by atoms with Gasteiger partial charge in [-0.1, -0.05) is 0 Å². The number of hydrogen-bond donors (Lipinski definition) is 2. The summed E-state index contributed by atoms with van der Waals surface area (Å²) in [5.41, 5.74) is -0.486. The zero-order valence-electron chi connectivity index (χ0n) is 10.3. The summed E-state index contributed by atoms with van der Waals surface area (Å²) in [6, 6.07) is -1.11. The van der Waals surface area contributed by atoms with Gasteiger partial charge in [0.25, 0.3) is 0 Å². The van der Waals surface area contributed by atoms with Crippen LogP contribution in [0.2, 0.25) is 0 Å². The van der Waals surface area contributed by atoms with Crippen LogP contribution in [-0.4, -0.2) is 51.5 Å². The highest BCUT2D eigenvalue weighted by Crippen LogP contribution is 2.25. The van der Waals surface area contributed by atoms with Crippen molar-refractivity contribution in [3.05, 3.63) is 0 Å². The molecule has 1 heterocycles. The van der Waals surface area contributed by atoms with Crippen molar-refractivity contribution < 1.29 is 24.5 Å². The second-order valence-corrected chi connectivity index (χ2v) is 5.17. The van der Waals surface area contributed by atoms with Crippen molar-refractivity contribution in [3.63, 3.8) is 0 Å². The molecule has 1 aliphatic rings. The summed E-state index contributed by atoms with van der Waals surface area (Å²) in [6.45, 7) is 5.72. The van der Waals surface area contributed by atoms with Crippen LogP contribution in [0.4, 0.5) is 4.79 Å². The molecular formula is C11H19NO5. The third-order valence-electron chi connectivity index (χ3n) is 2.58. The van der Waals surface area contributed by atoms with Crippen LogP contribution in [0.25, 0.3) is 0 Å². The number of rotatable bonds is 2. The number of piperidine rings is 1. The molecule has 98 valence electrons. The molecule has 1 amide bonds. The fourth-order valence-corrected chi connectivity index (χ4v) is 2.04. The smallest absolute Gasteiger partial charge is 0.408 e. The topological polar surface area (TPSA) is 87.1 Å². The lowest BCUT2D eigenvalue weighted by atomic mass is 9.98. The molecule has 6 nitrogen and oxygen atoms in total. The molecule has 2 N–H and O–H groups in total. The highest BCUT2D eigenvalue weighted by Gasteiger charge is 2.41. The van der Waals surface area contributed by atoms with Crippen LogP contribution in [0, 0.1) is 0 Å². The van der Waals surface area contributed by atoms with Crippen molar-refractivity contribution in [2.24, 2.45) is 0 Å². The maximum Gasteiger partial charge on any atom is 0.408 e. The molecule has 0 spiro atoms. The van der Waals surface area contributed by atoms with Crippen molar-refractivity contribution in [1.29, 1.82) is 0 Å². The molecule has 0 saturated carbocycles. The van der Waals surface area contributed by atoms with Crippen LogP contribution in [-0.2, 0) is 9.53 Å². The minimum atomic E-state index is -1.21. The van der Waals surface area contributed by atoms with E-state index in [4.69, 9.17) is 14.9 Å². The number of ether oxygens (including phenoxy) is 1. The van der Waals surface area contributed by atoms with E-state index in [0.717, 1.165) is 4.90 Å². The molecule has 1 saturated heterocycles. The minimum Gasteiger partial charge on any atom is -0.480 e. The molecule has 0 aromatic heterocycles. The molecule has 1 fully saturated rings. The first-order chi connectivity index (χ1) is 7.72. The SMILES string of the molecule is CC(C)(C)O[C@@H]1CCCN(C(=O)O)[C@@H]1C(=O)O. The molecular weight excluding hydrogens is 226 g/mol. The van der Waals surface area contributed by atoms with E-state index in [-0.39, 0.29) is 6.54 Å². The van der Waals surface area contributed by atoms with Gasteiger partial charge in [-0.15, -0.1) is 0 Å². The molecule has 1 rings (SSSR count). The Hall–Kier alpha value is -1.30. The Bertz CT molecular complexity index is 309. The number of carboxylic acids is 1. The Kier molecular flexibility index (Phi) is 3.98. The number of aliphatic carboxylic acids is 1. The van der Waals surface area contributed by atoms with Crippen LogP contribution >= 0.6 is 0 Å². The van der Waals surface area contributed by atoms with Crippen LogP contribution in [0.15, 0.2) is 0 Å². The third kappa shape index (κ3) is 3.59. The molecule has 17 heavy (non-hydrogen) atoms. The van der Waals surface area contributed by atoms with E-state index in [1.54, 1.807) is 0 Å². The van der Waals surface area contributed by atoms with Gasteiger partial charge in [0, 0.05) is 6.54 Å². The average Bonchev–Trinajstić information content (AvgIpc) is 2.14. The molecule has 6 heteroatoms. The summed E-state index contributed by atoms with van der Waals surface area (Å²) in [6.07, 6.45) is -0.605. The number of amides is 1. The lowest BCUT2D eigenvalue weighted by molar-refractivity contribution is -0.159. The fourth-order valence-electron chi connectivity index (χ4n) is 2.04. The lowest BCUT2D eigenvalue weighted by Crippen LogP contribution is -2.56. The maximum absolute atomic E-state index is 11.2. The van der Waals surface area contributed by atoms with Gasteiger partial charge in [0.15, 0.2) is 6.04 Å². The molecule has 0 aromatic carbocycles. The standard InChI is InChI=1S/C11H19NO5/c1-11(2,3)17-7-5-4-6-12(10(15)16)8(7)9(13)14/h7-8H,4-6H2,1-3H3,(H,13,14)(H,15,16)/t7-,8+/m1/s1. The predicted molar refractivity (Wildman–Crippen MR) is 60.0 cm³/mol. The Morgan fingerprint density at radius 2 is 1.88 bits per heavy atom. The van der Waals surface area contributed by atoms with Crippen molar-refractivity contribution in [2.75, 3.05) is 6.54 Å². The Morgan fingerprint density at radius 3 is 2.29 bits per heavy atom. The minimum absolute atomic E-state index is 0.246. The predicted octanol–water partition coefficient (Wildman–Crippen LogP) is 1.40. The van der Waals surface area contributed by atoms with Crippen molar-refractivity contribution in [3.8, 4) is 0 Å². The van der Waals surface area contributed by atoms with E-state index >= 15 is 0 Å². The maximum atomic E-state index is 11.2. The molecule has 0 aliphatic carbocycles. The van der Waals surface area contributed by atoms with Crippen molar-refractivity contribution in [2.45, 2.75) is 51.4 Å². The first kappa shape index (κ1) is 13.8. The Balaban J connectivity index is 2.87. The highest BCUT2D eigenvalue weighted by atomic mass is 16.5. The molecule has 0 radical (unpaired) electrons. The van der Waals surface area contributed by atoms with E-state index in [9.17, 15) is 9.59 Å². The quantitative estimate of drug-likeness (QED) is 0.767. The Morgan fingerprint density at radius 1 is 1.29 bits per heavy atom. The van der Waals surface area contributed by atoms with Gasteiger partial charge in [0.05, 0.1) is 11.7 Å². The molecule has 0 bridgehead atoms. The monoisotopic (exact) mass is 245 g/mol. The van der Waals surface area contributed by atoms with E-state index in [1.807, 2.05) is 20.8 Å². The van der Waals surface area contributed by atoms with Gasteiger partial charge in [-0.25, -0.2) is 9.59 Å². The number of likely N-dealkylation sites (tertiary alicyclic amines) is 1. The van der Waals surface area contributed by atoms with E-state index in [2.05, 4.69) is 0 Å². The van der Waals surface area contributed by atoms with Crippen LogP contribution in [0.5, 0.6) is 0 Å². The molecule has 1 aliphatic heterocycles.